The Morgan fingerprint density at radius 3 is 2.62 bits per heavy atom. The third kappa shape index (κ3) is 3.22. The number of ether oxygens (including phenoxy) is 1. The molecular weight excluding hydrogens is 374 g/mol. The molecule has 152 valence electrons. The lowest BCUT2D eigenvalue weighted by Crippen LogP contribution is -2.42. The van der Waals surface area contributed by atoms with Crippen molar-refractivity contribution >= 4 is 23.1 Å². The van der Waals surface area contributed by atoms with Crippen molar-refractivity contribution in [2.75, 3.05) is 18.6 Å². The standard InChI is InChI=1S/C20H23N5O4/c1-13-9-23(11-14-7-5-4-6-8-14)19-21-17-16(24(19)10-13)18(27)25(12-15(26)29-3)20(28)22(17)2/h4-8,13H,9-12H2,1-3H3/t13-/m0/s1. The Kier molecular flexibility index (Phi) is 4.73. The normalized spacial score (nSPS) is 16.1. The van der Waals surface area contributed by atoms with Crippen LogP contribution in [0.5, 0.6) is 0 Å². The minimum Gasteiger partial charge on any atom is -0.468 e. The maximum atomic E-state index is 13.1. The summed E-state index contributed by atoms with van der Waals surface area (Å²) in [6, 6.07) is 10.0. The number of carbonyl (C=O) groups is 1. The summed E-state index contributed by atoms with van der Waals surface area (Å²) in [6.45, 7) is 3.74. The van der Waals surface area contributed by atoms with Gasteiger partial charge in [-0.3, -0.25) is 14.2 Å². The summed E-state index contributed by atoms with van der Waals surface area (Å²) in [7, 11) is 2.78. The van der Waals surface area contributed by atoms with Crippen molar-refractivity contribution in [2.45, 2.75) is 26.6 Å². The molecule has 1 aliphatic rings. The molecule has 2 aromatic heterocycles. The van der Waals surface area contributed by atoms with Gasteiger partial charge >= 0.3 is 11.7 Å². The first-order chi connectivity index (χ1) is 13.9. The lowest BCUT2D eigenvalue weighted by molar-refractivity contribution is -0.141. The van der Waals surface area contributed by atoms with Crippen LogP contribution in [0, 0.1) is 5.92 Å². The van der Waals surface area contributed by atoms with Crippen LogP contribution in [0.3, 0.4) is 0 Å². The van der Waals surface area contributed by atoms with Gasteiger partial charge in [0.1, 0.15) is 6.54 Å². The summed E-state index contributed by atoms with van der Waals surface area (Å²) in [5.41, 5.74) is 0.670. The maximum Gasteiger partial charge on any atom is 0.333 e. The average molecular weight is 397 g/mol. The van der Waals surface area contributed by atoms with E-state index < -0.39 is 23.8 Å². The summed E-state index contributed by atoms with van der Waals surface area (Å²) >= 11 is 0. The number of fused-ring (bicyclic) bond motifs is 3. The number of imidazole rings is 1. The first kappa shape index (κ1) is 19.0. The van der Waals surface area contributed by atoms with Crippen molar-refractivity contribution in [1.82, 2.24) is 18.7 Å². The second-order valence-corrected chi connectivity index (χ2v) is 7.47. The van der Waals surface area contributed by atoms with E-state index in [1.165, 1.54) is 11.7 Å². The van der Waals surface area contributed by atoms with Crippen LogP contribution >= 0.6 is 0 Å². The zero-order chi connectivity index (χ0) is 20.7. The molecule has 9 nitrogen and oxygen atoms in total. The average Bonchev–Trinajstić information content (AvgIpc) is 3.10. The predicted molar refractivity (Wildman–Crippen MR) is 108 cm³/mol. The van der Waals surface area contributed by atoms with Crippen molar-refractivity contribution in [3.05, 3.63) is 56.7 Å². The third-order valence-electron chi connectivity index (χ3n) is 5.25. The molecular formula is C20H23N5O4. The molecule has 0 bridgehead atoms. The molecule has 0 radical (unpaired) electrons. The molecule has 0 saturated carbocycles. The summed E-state index contributed by atoms with van der Waals surface area (Å²) in [5.74, 6) is 0.292. The summed E-state index contributed by atoms with van der Waals surface area (Å²) in [6.07, 6.45) is 0. The number of aryl methyl sites for hydroxylation is 1. The van der Waals surface area contributed by atoms with E-state index >= 15 is 0 Å². The van der Waals surface area contributed by atoms with Gasteiger partial charge in [-0.15, -0.1) is 0 Å². The fraction of sp³-hybridized carbons (Fsp3) is 0.400. The number of hydrogen-bond acceptors (Lipinski definition) is 6. The van der Waals surface area contributed by atoms with Crippen LogP contribution < -0.4 is 16.1 Å². The smallest absolute Gasteiger partial charge is 0.333 e. The fourth-order valence-corrected chi connectivity index (χ4v) is 3.87. The lowest BCUT2D eigenvalue weighted by atomic mass is 10.1. The Labute approximate surface area is 166 Å². The van der Waals surface area contributed by atoms with Gasteiger partial charge in [0.2, 0.25) is 5.95 Å². The fourth-order valence-electron chi connectivity index (χ4n) is 3.87. The van der Waals surface area contributed by atoms with Gasteiger partial charge in [-0.2, -0.15) is 4.98 Å². The molecule has 1 aliphatic heterocycles. The zero-order valence-corrected chi connectivity index (χ0v) is 16.7. The molecule has 3 heterocycles. The van der Waals surface area contributed by atoms with Crippen LogP contribution in [0.1, 0.15) is 12.5 Å². The highest BCUT2D eigenvalue weighted by molar-refractivity contribution is 5.76. The third-order valence-corrected chi connectivity index (χ3v) is 5.25. The summed E-state index contributed by atoms with van der Waals surface area (Å²) in [5, 5.41) is 0. The number of benzene rings is 1. The molecule has 0 amide bonds. The van der Waals surface area contributed by atoms with Gasteiger partial charge in [0.15, 0.2) is 11.2 Å². The molecule has 4 rings (SSSR count). The first-order valence-corrected chi connectivity index (χ1v) is 9.46. The zero-order valence-electron chi connectivity index (χ0n) is 16.7. The SMILES string of the molecule is COC(=O)Cn1c(=O)c2c(nc3n2C[C@@H](C)CN3Cc2ccccc2)n(C)c1=O. The Morgan fingerprint density at radius 2 is 1.93 bits per heavy atom. The topological polar surface area (TPSA) is 91.4 Å². The van der Waals surface area contributed by atoms with Crippen molar-refractivity contribution < 1.29 is 9.53 Å². The van der Waals surface area contributed by atoms with Crippen LogP contribution in [0.2, 0.25) is 0 Å². The van der Waals surface area contributed by atoms with Gasteiger partial charge in [-0.05, 0) is 11.5 Å². The Balaban J connectivity index is 1.89. The van der Waals surface area contributed by atoms with Gasteiger partial charge in [-0.1, -0.05) is 37.3 Å². The highest BCUT2D eigenvalue weighted by Crippen LogP contribution is 2.28. The van der Waals surface area contributed by atoms with Crippen molar-refractivity contribution in [1.29, 1.82) is 0 Å². The quantitative estimate of drug-likeness (QED) is 0.603. The number of carbonyl (C=O) groups excluding carboxylic acids is 1. The monoisotopic (exact) mass is 397 g/mol. The van der Waals surface area contributed by atoms with E-state index in [2.05, 4.69) is 21.5 Å². The second-order valence-electron chi connectivity index (χ2n) is 7.47. The molecule has 1 aromatic carbocycles. The molecule has 0 spiro atoms. The molecule has 0 fully saturated rings. The van der Waals surface area contributed by atoms with Crippen LogP contribution in [0.25, 0.3) is 11.2 Å². The summed E-state index contributed by atoms with van der Waals surface area (Å²) < 4.78 is 8.72. The highest BCUT2D eigenvalue weighted by atomic mass is 16.5. The van der Waals surface area contributed by atoms with E-state index in [0.29, 0.717) is 30.2 Å². The van der Waals surface area contributed by atoms with Crippen molar-refractivity contribution in [3.8, 4) is 0 Å². The Morgan fingerprint density at radius 1 is 1.21 bits per heavy atom. The molecule has 0 aliphatic carbocycles. The van der Waals surface area contributed by atoms with E-state index in [4.69, 9.17) is 0 Å². The second kappa shape index (κ2) is 7.23. The van der Waals surface area contributed by atoms with E-state index in [1.807, 2.05) is 34.9 Å². The molecule has 0 saturated heterocycles. The number of aromatic nitrogens is 4. The van der Waals surface area contributed by atoms with Gasteiger partial charge < -0.3 is 14.2 Å². The van der Waals surface area contributed by atoms with Crippen molar-refractivity contribution in [2.24, 2.45) is 13.0 Å². The van der Waals surface area contributed by atoms with Crippen molar-refractivity contribution in [3.63, 3.8) is 0 Å². The van der Waals surface area contributed by atoms with Crippen LogP contribution in [0.4, 0.5) is 5.95 Å². The molecule has 0 N–H and O–H groups in total. The lowest BCUT2D eigenvalue weighted by Gasteiger charge is -2.33. The summed E-state index contributed by atoms with van der Waals surface area (Å²) in [4.78, 5) is 44.3. The number of anilines is 1. The van der Waals surface area contributed by atoms with E-state index in [-0.39, 0.29) is 5.92 Å². The predicted octanol–water partition coefficient (Wildman–Crippen LogP) is 0.726. The molecule has 9 heteroatoms. The molecule has 29 heavy (non-hydrogen) atoms. The Hall–Kier alpha value is -3.36. The van der Waals surface area contributed by atoms with Crippen LogP contribution in [-0.4, -0.2) is 38.3 Å². The van der Waals surface area contributed by atoms with E-state index in [0.717, 1.165) is 16.7 Å². The highest BCUT2D eigenvalue weighted by Gasteiger charge is 2.29. The van der Waals surface area contributed by atoms with E-state index in [9.17, 15) is 14.4 Å². The van der Waals surface area contributed by atoms with Crippen LogP contribution in [0.15, 0.2) is 39.9 Å². The Bertz CT molecular complexity index is 1190. The number of esters is 1. The number of methoxy groups -OCH3 is 1. The van der Waals surface area contributed by atoms with Gasteiger partial charge in [0, 0.05) is 26.7 Å². The van der Waals surface area contributed by atoms with Gasteiger partial charge in [0.25, 0.3) is 5.56 Å². The van der Waals surface area contributed by atoms with Gasteiger partial charge in [-0.25, -0.2) is 9.36 Å². The maximum absolute atomic E-state index is 13.1. The minimum absolute atomic E-state index is 0.286. The van der Waals surface area contributed by atoms with Gasteiger partial charge in [0.05, 0.1) is 7.11 Å². The molecule has 0 unspecified atom stereocenters. The minimum atomic E-state index is -0.652. The molecule has 3 aromatic rings. The largest absolute Gasteiger partial charge is 0.468 e. The molecule has 1 atom stereocenters. The number of rotatable bonds is 4. The van der Waals surface area contributed by atoms with E-state index in [1.54, 1.807) is 7.05 Å². The number of nitrogens with zero attached hydrogens (tertiary/aromatic N) is 5. The first-order valence-electron chi connectivity index (χ1n) is 9.46. The van der Waals surface area contributed by atoms with Crippen LogP contribution in [-0.2, 0) is 36.2 Å². The number of hydrogen-bond donors (Lipinski definition) is 0.